The summed E-state index contributed by atoms with van der Waals surface area (Å²) >= 11 is 0. The van der Waals surface area contributed by atoms with Gasteiger partial charge in [0.1, 0.15) is 5.70 Å². The van der Waals surface area contributed by atoms with E-state index < -0.39 is 5.92 Å². The van der Waals surface area contributed by atoms with Crippen LogP contribution in [0.15, 0.2) is 48.9 Å². The van der Waals surface area contributed by atoms with E-state index in [1.807, 2.05) is 41.1 Å². The number of aromatic nitrogens is 2. The van der Waals surface area contributed by atoms with Crippen molar-refractivity contribution in [1.82, 2.24) is 14.9 Å². The largest absolute Gasteiger partial charge is 0.341 e. The van der Waals surface area contributed by atoms with Gasteiger partial charge in [0.25, 0.3) is 11.8 Å². The molecule has 0 unspecified atom stereocenters. The van der Waals surface area contributed by atoms with Crippen LogP contribution in [0.5, 0.6) is 0 Å². The molecule has 2 saturated heterocycles. The predicted molar refractivity (Wildman–Crippen MR) is 119 cm³/mol. The monoisotopic (exact) mass is 440 g/mol. The van der Waals surface area contributed by atoms with Gasteiger partial charge in [0.05, 0.1) is 24.5 Å². The van der Waals surface area contributed by atoms with Crippen molar-refractivity contribution in [2.45, 2.75) is 31.4 Å². The lowest BCUT2D eigenvalue weighted by molar-refractivity contribution is -0.133. The second kappa shape index (κ2) is 7.81. The topological polar surface area (TPSA) is 55.8 Å². The van der Waals surface area contributed by atoms with Crippen LogP contribution in [0, 0.1) is 0 Å². The Bertz CT molecular complexity index is 1030. The molecule has 2 fully saturated rings. The van der Waals surface area contributed by atoms with Crippen LogP contribution in [-0.2, 0) is 11.3 Å². The van der Waals surface area contributed by atoms with E-state index in [9.17, 15) is 13.6 Å². The van der Waals surface area contributed by atoms with Crippen molar-refractivity contribution >= 4 is 23.2 Å². The number of para-hydroxylation sites is 2. The average Bonchev–Trinajstić information content (AvgIpc) is 2.78. The zero-order chi connectivity index (χ0) is 22.5. The summed E-state index contributed by atoms with van der Waals surface area (Å²) < 4.78 is 26.0. The molecule has 0 atom stereocenters. The van der Waals surface area contributed by atoms with Crippen molar-refractivity contribution in [3.63, 3.8) is 0 Å². The number of halogens is 2. The average molecular weight is 440 g/mol. The SMILES string of the molecule is C=C1C(=O)N(C2CCN(c3ncc(CN4CC(F)(F)C4)cn3)CC2)c2ccccc2N1C. The molecule has 3 aliphatic rings. The number of hydrogen-bond donors (Lipinski definition) is 0. The predicted octanol–water partition coefficient (Wildman–Crippen LogP) is 2.89. The molecule has 4 heterocycles. The molecule has 0 spiro atoms. The van der Waals surface area contributed by atoms with E-state index in [1.54, 1.807) is 17.3 Å². The second-order valence-electron chi connectivity index (χ2n) is 8.78. The van der Waals surface area contributed by atoms with Crippen LogP contribution in [-0.4, -0.2) is 66.0 Å². The van der Waals surface area contributed by atoms with Gasteiger partial charge in [-0.2, -0.15) is 0 Å². The van der Waals surface area contributed by atoms with Crippen LogP contribution in [0.25, 0.3) is 0 Å². The molecule has 0 radical (unpaired) electrons. The molecule has 5 rings (SSSR count). The summed E-state index contributed by atoms with van der Waals surface area (Å²) in [6, 6.07) is 7.99. The van der Waals surface area contributed by atoms with Gasteiger partial charge in [-0.3, -0.25) is 9.69 Å². The number of fused-ring (bicyclic) bond motifs is 1. The Labute approximate surface area is 185 Å². The van der Waals surface area contributed by atoms with Crippen LogP contribution >= 0.6 is 0 Å². The molecular weight excluding hydrogens is 414 g/mol. The summed E-state index contributed by atoms with van der Waals surface area (Å²) in [7, 11) is 1.87. The third-order valence-electron chi connectivity index (χ3n) is 6.49. The van der Waals surface area contributed by atoms with Gasteiger partial charge in [-0.25, -0.2) is 18.7 Å². The van der Waals surface area contributed by atoms with Crippen molar-refractivity contribution in [3.8, 4) is 0 Å². The summed E-state index contributed by atoms with van der Waals surface area (Å²) in [4.78, 5) is 29.5. The van der Waals surface area contributed by atoms with Crippen molar-refractivity contribution in [1.29, 1.82) is 0 Å². The van der Waals surface area contributed by atoms with Gasteiger partial charge in [0.2, 0.25) is 5.95 Å². The molecule has 0 bridgehead atoms. The fraction of sp³-hybridized carbons (Fsp3) is 0.435. The van der Waals surface area contributed by atoms with Crippen molar-refractivity contribution < 1.29 is 13.6 Å². The van der Waals surface area contributed by atoms with Crippen molar-refractivity contribution in [3.05, 3.63) is 54.5 Å². The minimum atomic E-state index is -2.57. The number of likely N-dealkylation sites (tertiary alicyclic amines) is 1. The summed E-state index contributed by atoms with van der Waals surface area (Å²) in [5.41, 5.74) is 3.21. The number of benzene rings is 1. The van der Waals surface area contributed by atoms with Gasteiger partial charge in [-0.1, -0.05) is 18.7 Å². The fourth-order valence-electron chi connectivity index (χ4n) is 4.75. The van der Waals surface area contributed by atoms with Gasteiger partial charge in [-0.05, 0) is 25.0 Å². The molecule has 0 saturated carbocycles. The Hall–Kier alpha value is -3.07. The van der Waals surface area contributed by atoms with Gasteiger partial charge in [0.15, 0.2) is 0 Å². The molecule has 1 aromatic carbocycles. The first-order valence-electron chi connectivity index (χ1n) is 10.8. The molecule has 0 aliphatic carbocycles. The summed E-state index contributed by atoms with van der Waals surface area (Å²) in [6.45, 7) is 5.48. The van der Waals surface area contributed by atoms with Crippen molar-refractivity contribution in [2.75, 3.05) is 47.9 Å². The molecule has 0 N–H and O–H groups in total. The highest BCUT2D eigenvalue weighted by Crippen LogP contribution is 2.39. The van der Waals surface area contributed by atoms with Crippen LogP contribution in [0.4, 0.5) is 26.1 Å². The lowest BCUT2D eigenvalue weighted by atomic mass is 9.99. The smallest absolute Gasteiger partial charge is 0.274 e. The summed E-state index contributed by atoms with van der Waals surface area (Å²) in [5.74, 6) is -1.99. The molecule has 168 valence electrons. The highest BCUT2D eigenvalue weighted by Gasteiger charge is 2.43. The lowest BCUT2D eigenvalue weighted by Crippen LogP contribution is -2.55. The molecule has 1 amide bonds. The molecule has 7 nitrogen and oxygen atoms in total. The first-order valence-corrected chi connectivity index (χ1v) is 10.8. The highest BCUT2D eigenvalue weighted by atomic mass is 19.3. The fourth-order valence-corrected chi connectivity index (χ4v) is 4.75. The number of hydrogen-bond acceptors (Lipinski definition) is 6. The quantitative estimate of drug-likeness (QED) is 0.682. The Morgan fingerprint density at radius 1 is 1.09 bits per heavy atom. The van der Waals surface area contributed by atoms with E-state index in [1.165, 1.54) is 0 Å². The molecule has 9 heteroatoms. The van der Waals surface area contributed by atoms with E-state index >= 15 is 0 Å². The van der Waals surface area contributed by atoms with E-state index in [0.717, 1.165) is 42.9 Å². The molecule has 1 aromatic heterocycles. The summed E-state index contributed by atoms with van der Waals surface area (Å²) in [6.07, 6.45) is 5.03. The lowest BCUT2D eigenvalue weighted by Gasteiger charge is -2.43. The van der Waals surface area contributed by atoms with E-state index in [4.69, 9.17) is 0 Å². The Balaban J connectivity index is 1.23. The first-order chi connectivity index (χ1) is 15.3. The molecule has 2 aromatic rings. The van der Waals surface area contributed by atoms with Gasteiger partial charge >= 0.3 is 0 Å². The zero-order valence-corrected chi connectivity index (χ0v) is 18.0. The highest BCUT2D eigenvalue weighted by molar-refractivity contribution is 6.13. The number of alkyl halides is 2. The van der Waals surface area contributed by atoms with Crippen LogP contribution in [0.1, 0.15) is 18.4 Å². The molecular formula is C23H26F2N6O. The van der Waals surface area contributed by atoms with E-state index in [-0.39, 0.29) is 25.0 Å². The van der Waals surface area contributed by atoms with Gasteiger partial charge in [-0.15, -0.1) is 0 Å². The van der Waals surface area contributed by atoms with Crippen molar-refractivity contribution in [2.24, 2.45) is 0 Å². The van der Waals surface area contributed by atoms with Crippen LogP contribution < -0.4 is 14.7 Å². The van der Waals surface area contributed by atoms with Gasteiger partial charge in [0, 0.05) is 50.7 Å². The summed E-state index contributed by atoms with van der Waals surface area (Å²) in [5, 5.41) is 0. The number of anilines is 3. The second-order valence-corrected chi connectivity index (χ2v) is 8.78. The number of rotatable bonds is 4. The maximum Gasteiger partial charge on any atom is 0.274 e. The number of piperidine rings is 1. The number of carbonyl (C=O) groups is 1. The Morgan fingerprint density at radius 3 is 2.34 bits per heavy atom. The maximum atomic E-state index is 13.0. The zero-order valence-electron chi connectivity index (χ0n) is 18.0. The van der Waals surface area contributed by atoms with Crippen LogP contribution in [0.2, 0.25) is 0 Å². The number of nitrogens with zero attached hydrogens (tertiary/aromatic N) is 6. The Kier molecular flexibility index (Phi) is 5.08. The minimum Gasteiger partial charge on any atom is -0.341 e. The molecule has 3 aliphatic heterocycles. The van der Waals surface area contributed by atoms with Gasteiger partial charge < -0.3 is 14.7 Å². The molecule has 32 heavy (non-hydrogen) atoms. The standard InChI is InChI=1S/C23H26F2N6O/c1-16-21(32)31(20-6-4-3-5-19(20)28(16)2)18-7-9-30(10-8-18)22-26-11-17(12-27-22)13-29-14-23(24,25)15-29/h3-6,11-12,18H,1,7-10,13-15H2,2H3. The van der Waals surface area contributed by atoms with E-state index in [2.05, 4.69) is 21.4 Å². The minimum absolute atomic E-state index is 0.0539. The number of carbonyl (C=O) groups excluding carboxylic acids is 1. The Morgan fingerprint density at radius 2 is 1.72 bits per heavy atom. The first kappa shape index (κ1) is 20.8. The number of likely N-dealkylation sites (N-methyl/N-ethyl adjacent to an activating group) is 1. The third-order valence-corrected chi connectivity index (χ3v) is 6.49. The normalized spacial score (nSPS) is 21.5. The van der Waals surface area contributed by atoms with Crippen LogP contribution in [0.3, 0.4) is 0 Å². The maximum absolute atomic E-state index is 13.0. The van der Waals surface area contributed by atoms with E-state index in [0.29, 0.717) is 18.2 Å². The third kappa shape index (κ3) is 3.70. The number of amides is 1.